The van der Waals surface area contributed by atoms with Crippen LogP contribution in [-0.2, 0) is 0 Å². The lowest BCUT2D eigenvalue weighted by atomic mass is 10.2. The van der Waals surface area contributed by atoms with Gasteiger partial charge in [-0.1, -0.05) is 26.7 Å². The summed E-state index contributed by atoms with van der Waals surface area (Å²) in [7, 11) is 0. The first kappa shape index (κ1) is 13.9. The Bertz CT molecular complexity index is 292. The van der Waals surface area contributed by atoms with Crippen LogP contribution >= 0.6 is 0 Å². The van der Waals surface area contributed by atoms with E-state index in [0.717, 1.165) is 56.0 Å². The molecule has 0 amide bonds. The largest absolute Gasteiger partial charge is 0.493 e. The zero-order chi connectivity index (χ0) is 12.5. The van der Waals surface area contributed by atoms with Crippen molar-refractivity contribution < 1.29 is 9.47 Å². The molecule has 0 heterocycles. The topological polar surface area (TPSA) is 18.5 Å². The second-order valence-electron chi connectivity index (χ2n) is 4.22. The molecule has 1 aromatic rings. The lowest BCUT2D eigenvalue weighted by Crippen LogP contribution is -1.99. The molecule has 0 atom stereocenters. The van der Waals surface area contributed by atoms with Crippen LogP contribution in [0.2, 0.25) is 0 Å². The third-order valence-electron chi connectivity index (χ3n) is 2.47. The van der Waals surface area contributed by atoms with Gasteiger partial charge in [0.25, 0.3) is 0 Å². The maximum atomic E-state index is 5.65. The van der Waals surface area contributed by atoms with Gasteiger partial charge in [-0.05, 0) is 37.5 Å². The number of hydrogen-bond acceptors (Lipinski definition) is 2. The van der Waals surface area contributed by atoms with Crippen LogP contribution in [0.1, 0.15) is 45.1 Å². The molecule has 0 N–H and O–H groups in total. The van der Waals surface area contributed by atoms with Crippen LogP contribution in [0.4, 0.5) is 0 Å². The van der Waals surface area contributed by atoms with Crippen molar-refractivity contribution in [3.05, 3.63) is 30.7 Å². The van der Waals surface area contributed by atoms with Gasteiger partial charge in [0.2, 0.25) is 0 Å². The van der Waals surface area contributed by atoms with Gasteiger partial charge in [-0.3, -0.25) is 0 Å². The van der Waals surface area contributed by atoms with Crippen molar-refractivity contribution >= 4 is 0 Å². The SMILES string of the molecule is [CH2]c1cc(OCCCC)cc(OCCCC)c1. The van der Waals surface area contributed by atoms with Crippen LogP contribution in [-0.4, -0.2) is 13.2 Å². The van der Waals surface area contributed by atoms with Crippen LogP contribution in [0.5, 0.6) is 11.5 Å². The molecular formula is C15H23O2. The molecule has 1 aromatic carbocycles. The molecule has 0 spiro atoms. The molecule has 1 radical (unpaired) electrons. The Morgan fingerprint density at radius 3 is 1.76 bits per heavy atom. The fraction of sp³-hybridized carbons (Fsp3) is 0.533. The first-order valence-corrected chi connectivity index (χ1v) is 6.49. The minimum atomic E-state index is 0.758. The van der Waals surface area contributed by atoms with Gasteiger partial charge in [0.1, 0.15) is 11.5 Å². The first-order chi connectivity index (χ1) is 8.26. The van der Waals surface area contributed by atoms with Crippen molar-refractivity contribution in [3.8, 4) is 11.5 Å². The molecule has 0 aliphatic rings. The van der Waals surface area contributed by atoms with Gasteiger partial charge in [-0.2, -0.15) is 0 Å². The second kappa shape index (κ2) is 7.99. The zero-order valence-electron chi connectivity index (χ0n) is 11.0. The summed E-state index contributed by atoms with van der Waals surface area (Å²) in [5, 5.41) is 0. The van der Waals surface area contributed by atoms with Crippen LogP contribution in [0, 0.1) is 6.92 Å². The maximum Gasteiger partial charge on any atom is 0.123 e. The van der Waals surface area contributed by atoms with E-state index in [2.05, 4.69) is 20.8 Å². The van der Waals surface area contributed by atoms with Crippen molar-refractivity contribution in [3.63, 3.8) is 0 Å². The molecule has 0 aromatic heterocycles. The average Bonchev–Trinajstić information content (AvgIpc) is 2.29. The van der Waals surface area contributed by atoms with Gasteiger partial charge < -0.3 is 9.47 Å². The Balaban J connectivity index is 2.53. The van der Waals surface area contributed by atoms with Crippen molar-refractivity contribution in [2.75, 3.05) is 13.2 Å². The molecule has 2 nitrogen and oxygen atoms in total. The van der Waals surface area contributed by atoms with E-state index >= 15 is 0 Å². The molecule has 2 heteroatoms. The molecule has 0 saturated carbocycles. The summed E-state index contributed by atoms with van der Waals surface area (Å²) in [4.78, 5) is 0. The molecule has 0 aliphatic heterocycles. The van der Waals surface area contributed by atoms with Crippen LogP contribution in [0.25, 0.3) is 0 Å². The maximum absolute atomic E-state index is 5.65. The van der Waals surface area contributed by atoms with E-state index in [9.17, 15) is 0 Å². The fourth-order valence-electron chi connectivity index (χ4n) is 1.47. The highest BCUT2D eigenvalue weighted by Gasteiger charge is 2.00. The van der Waals surface area contributed by atoms with Gasteiger partial charge in [-0.15, -0.1) is 0 Å². The quantitative estimate of drug-likeness (QED) is 0.628. The Labute approximate surface area is 105 Å². The number of benzene rings is 1. The predicted octanol–water partition coefficient (Wildman–Crippen LogP) is 4.23. The molecule has 0 bridgehead atoms. The van der Waals surface area contributed by atoms with E-state index in [1.54, 1.807) is 0 Å². The van der Waals surface area contributed by atoms with Crippen molar-refractivity contribution in [1.82, 2.24) is 0 Å². The number of hydrogen-bond donors (Lipinski definition) is 0. The summed E-state index contributed by atoms with van der Waals surface area (Å²) in [5.74, 6) is 1.72. The molecule has 1 rings (SSSR count). The smallest absolute Gasteiger partial charge is 0.123 e. The summed E-state index contributed by atoms with van der Waals surface area (Å²) >= 11 is 0. The summed E-state index contributed by atoms with van der Waals surface area (Å²) < 4.78 is 11.3. The fourth-order valence-corrected chi connectivity index (χ4v) is 1.47. The number of unbranched alkanes of at least 4 members (excludes halogenated alkanes) is 2. The number of rotatable bonds is 8. The zero-order valence-corrected chi connectivity index (χ0v) is 11.0. The van der Waals surface area contributed by atoms with E-state index in [-0.39, 0.29) is 0 Å². The van der Waals surface area contributed by atoms with Gasteiger partial charge in [0.05, 0.1) is 13.2 Å². The Kier molecular flexibility index (Phi) is 6.53. The average molecular weight is 235 g/mol. The molecule has 0 saturated heterocycles. The van der Waals surface area contributed by atoms with Crippen LogP contribution < -0.4 is 9.47 Å². The highest BCUT2D eigenvalue weighted by Crippen LogP contribution is 2.23. The molecule has 17 heavy (non-hydrogen) atoms. The van der Waals surface area contributed by atoms with Crippen molar-refractivity contribution in [1.29, 1.82) is 0 Å². The highest BCUT2D eigenvalue weighted by atomic mass is 16.5. The third kappa shape index (κ3) is 5.62. The van der Waals surface area contributed by atoms with E-state index in [1.165, 1.54) is 0 Å². The Morgan fingerprint density at radius 1 is 0.882 bits per heavy atom. The van der Waals surface area contributed by atoms with Crippen LogP contribution in [0.3, 0.4) is 0 Å². The van der Waals surface area contributed by atoms with E-state index in [4.69, 9.17) is 9.47 Å². The molecular weight excluding hydrogens is 212 g/mol. The van der Waals surface area contributed by atoms with E-state index < -0.39 is 0 Å². The molecule has 95 valence electrons. The summed E-state index contributed by atoms with van der Waals surface area (Å²) in [6.45, 7) is 9.76. The second-order valence-corrected chi connectivity index (χ2v) is 4.22. The van der Waals surface area contributed by atoms with Gasteiger partial charge in [0.15, 0.2) is 0 Å². The normalized spacial score (nSPS) is 10.3. The van der Waals surface area contributed by atoms with Crippen molar-refractivity contribution in [2.24, 2.45) is 0 Å². The van der Waals surface area contributed by atoms with Crippen molar-refractivity contribution in [2.45, 2.75) is 39.5 Å². The minimum Gasteiger partial charge on any atom is -0.493 e. The minimum absolute atomic E-state index is 0.758. The molecule has 0 aliphatic carbocycles. The standard InChI is InChI=1S/C15H23O2/c1-4-6-8-16-14-10-13(3)11-15(12-14)17-9-7-5-2/h10-12H,3-9H2,1-2H3. The monoisotopic (exact) mass is 235 g/mol. The summed E-state index contributed by atoms with van der Waals surface area (Å²) in [6.07, 6.45) is 4.44. The van der Waals surface area contributed by atoms with Gasteiger partial charge in [0, 0.05) is 6.07 Å². The Hall–Kier alpha value is -1.18. The lowest BCUT2D eigenvalue weighted by Gasteiger charge is -2.10. The van der Waals surface area contributed by atoms with E-state index in [1.807, 2.05) is 18.2 Å². The third-order valence-corrected chi connectivity index (χ3v) is 2.47. The predicted molar refractivity (Wildman–Crippen MR) is 71.7 cm³/mol. The molecule has 0 fully saturated rings. The Morgan fingerprint density at radius 2 is 1.35 bits per heavy atom. The van der Waals surface area contributed by atoms with E-state index in [0.29, 0.717) is 0 Å². The first-order valence-electron chi connectivity index (χ1n) is 6.49. The highest BCUT2D eigenvalue weighted by molar-refractivity contribution is 5.39. The lowest BCUT2D eigenvalue weighted by molar-refractivity contribution is 0.294. The molecule has 0 unspecified atom stereocenters. The number of ether oxygens (including phenoxy) is 2. The summed E-state index contributed by atoms with van der Waals surface area (Å²) in [6, 6.07) is 5.84. The van der Waals surface area contributed by atoms with Crippen LogP contribution in [0.15, 0.2) is 18.2 Å². The van der Waals surface area contributed by atoms with Gasteiger partial charge in [-0.25, -0.2) is 0 Å². The summed E-state index contributed by atoms with van der Waals surface area (Å²) in [5.41, 5.74) is 0.936. The van der Waals surface area contributed by atoms with Gasteiger partial charge >= 0.3 is 0 Å².